The molecule has 1 nitrogen and oxygen atoms in total. The summed E-state index contributed by atoms with van der Waals surface area (Å²) in [6.45, 7) is 10.9. The highest BCUT2D eigenvalue weighted by Gasteiger charge is 2.16. The maximum Gasteiger partial charge on any atom is 0.0192 e. The molecule has 1 aliphatic rings. The molecule has 1 fully saturated rings. The van der Waals surface area contributed by atoms with Gasteiger partial charge in [0.25, 0.3) is 0 Å². The Balaban J connectivity index is 2.35. The first kappa shape index (κ1) is 16.8. The van der Waals surface area contributed by atoms with E-state index in [2.05, 4.69) is 31.7 Å². The van der Waals surface area contributed by atoms with E-state index in [1.54, 1.807) is 5.57 Å². The van der Waals surface area contributed by atoms with E-state index in [9.17, 15) is 0 Å². The fourth-order valence-corrected chi connectivity index (χ4v) is 2.86. The van der Waals surface area contributed by atoms with E-state index in [1.165, 1.54) is 77.4 Å². The van der Waals surface area contributed by atoms with Crippen molar-refractivity contribution in [3.63, 3.8) is 0 Å². The van der Waals surface area contributed by atoms with Crippen LogP contribution >= 0.6 is 0 Å². The first-order valence-corrected chi connectivity index (χ1v) is 8.66. The van der Waals surface area contributed by atoms with Crippen molar-refractivity contribution in [2.75, 3.05) is 19.6 Å². The van der Waals surface area contributed by atoms with Gasteiger partial charge in [-0.1, -0.05) is 51.7 Å². The molecule has 19 heavy (non-hydrogen) atoms. The molecule has 0 aromatic heterocycles. The van der Waals surface area contributed by atoms with Crippen LogP contribution in [-0.2, 0) is 0 Å². The molecule has 1 aliphatic heterocycles. The maximum atomic E-state index is 2.68. The summed E-state index contributed by atoms with van der Waals surface area (Å²) in [4.78, 5) is 2.68. The lowest BCUT2D eigenvalue weighted by atomic mass is 9.98. The zero-order valence-corrected chi connectivity index (χ0v) is 13.6. The normalized spacial score (nSPS) is 19.0. The van der Waals surface area contributed by atoms with Gasteiger partial charge in [0.1, 0.15) is 0 Å². The lowest BCUT2D eigenvalue weighted by Gasteiger charge is -2.31. The van der Waals surface area contributed by atoms with Gasteiger partial charge in [-0.15, -0.1) is 0 Å². The first-order chi connectivity index (χ1) is 9.26. The molecule has 1 heteroatoms. The Labute approximate surface area is 121 Å². The van der Waals surface area contributed by atoms with Gasteiger partial charge in [0, 0.05) is 6.54 Å². The van der Waals surface area contributed by atoms with Crippen LogP contribution in [0.4, 0.5) is 0 Å². The number of allylic oxidation sites excluding steroid dienone is 1. The highest BCUT2D eigenvalue weighted by atomic mass is 15.1. The summed E-state index contributed by atoms with van der Waals surface area (Å²) in [5.41, 5.74) is 1.72. The molecule has 0 amide bonds. The highest BCUT2D eigenvalue weighted by molar-refractivity contribution is 5.05. The van der Waals surface area contributed by atoms with Crippen molar-refractivity contribution in [2.24, 2.45) is 5.92 Å². The third kappa shape index (κ3) is 7.77. The SMILES string of the molecule is CCCCC/C=C(\CCCC)CN1CCC(C)CC1. The smallest absolute Gasteiger partial charge is 0.0192 e. The Kier molecular flexibility index (Phi) is 9.24. The molecule has 1 saturated heterocycles. The molecule has 1 heterocycles. The minimum Gasteiger partial charge on any atom is -0.299 e. The lowest BCUT2D eigenvalue weighted by Crippen LogP contribution is -2.34. The quantitative estimate of drug-likeness (QED) is 0.398. The molecular formula is C18H35N. The molecule has 0 spiro atoms. The van der Waals surface area contributed by atoms with Crippen molar-refractivity contribution in [3.8, 4) is 0 Å². The molecule has 0 N–H and O–H groups in total. The topological polar surface area (TPSA) is 3.24 Å². The van der Waals surface area contributed by atoms with Crippen molar-refractivity contribution in [2.45, 2.75) is 78.6 Å². The Bertz CT molecular complexity index is 236. The van der Waals surface area contributed by atoms with Gasteiger partial charge in [0.2, 0.25) is 0 Å². The Hall–Kier alpha value is -0.300. The number of rotatable bonds is 9. The molecule has 0 atom stereocenters. The van der Waals surface area contributed by atoms with Crippen LogP contribution in [0.15, 0.2) is 11.6 Å². The van der Waals surface area contributed by atoms with Crippen LogP contribution in [0, 0.1) is 5.92 Å². The largest absolute Gasteiger partial charge is 0.299 e. The van der Waals surface area contributed by atoms with E-state index in [4.69, 9.17) is 0 Å². The number of nitrogens with zero attached hydrogens (tertiary/aromatic N) is 1. The summed E-state index contributed by atoms with van der Waals surface area (Å²) in [7, 11) is 0. The second kappa shape index (κ2) is 10.5. The van der Waals surface area contributed by atoms with Gasteiger partial charge in [0.05, 0.1) is 0 Å². The number of hydrogen-bond acceptors (Lipinski definition) is 1. The van der Waals surface area contributed by atoms with E-state index in [-0.39, 0.29) is 0 Å². The molecule has 0 radical (unpaired) electrons. The highest BCUT2D eigenvalue weighted by Crippen LogP contribution is 2.19. The van der Waals surface area contributed by atoms with Gasteiger partial charge in [-0.25, -0.2) is 0 Å². The van der Waals surface area contributed by atoms with Crippen molar-refractivity contribution in [1.82, 2.24) is 4.90 Å². The summed E-state index contributed by atoms with van der Waals surface area (Å²) >= 11 is 0. The molecule has 0 aliphatic carbocycles. The van der Waals surface area contributed by atoms with Crippen LogP contribution in [0.1, 0.15) is 78.6 Å². The third-order valence-electron chi connectivity index (χ3n) is 4.40. The van der Waals surface area contributed by atoms with Crippen LogP contribution < -0.4 is 0 Å². The predicted molar refractivity (Wildman–Crippen MR) is 86.6 cm³/mol. The Morgan fingerprint density at radius 2 is 1.74 bits per heavy atom. The fourth-order valence-electron chi connectivity index (χ4n) is 2.86. The van der Waals surface area contributed by atoms with Gasteiger partial charge in [-0.2, -0.15) is 0 Å². The van der Waals surface area contributed by atoms with E-state index in [1.807, 2.05) is 0 Å². The van der Waals surface area contributed by atoms with E-state index < -0.39 is 0 Å². The van der Waals surface area contributed by atoms with Crippen LogP contribution in [0.5, 0.6) is 0 Å². The van der Waals surface area contributed by atoms with Gasteiger partial charge >= 0.3 is 0 Å². The first-order valence-electron chi connectivity index (χ1n) is 8.66. The standard InChI is InChI=1S/C18H35N/c1-4-6-8-9-11-18(10-7-5-2)16-19-14-12-17(3)13-15-19/h11,17H,4-10,12-16H2,1-3H3/b18-11+. The van der Waals surface area contributed by atoms with E-state index in [0.717, 1.165) is 5.92 Å². The maximum absolute atomic E-state index is 2.68. The number of unbranched alkanes of at least 4 members (excludes halogenated alkanes) is 4. The van der Waals surface area contributed by atoms with Crippen LogP contribution in [-0.4, -0.2) is 24.5 Å². The number of piperidine rings is 1. The van der Waals surface area contributed by atoms with Crippen molar-refractivity contribution >= 4 is 0 Å². The zero-order valence-electron chi connectivity index (χ0n) is 13.6. The number of hydrogen-bond donors (Lipinski definition) is 0. The fraction of sp³-hybridized carbons (Fsp3) is 0.889. The van der Waals surface area contributed by atoms with E-state index >= 15 is 0 Å². The third-order valence-corrected chi connectivity index (χ3v) is 4.40. The second-order valence-electron chi connectivity index (χ2n) is 6.42. The van der Waals surface area contributed by atoms with Crippen molar-refractivity contribution in [1.29, 1.82) is 0 Å². The molecule has 0 aromatic rings. The van der Waals surface area contributed by atoms with Gasteiger partial charge in [-0.3, -0.25) is 4.90 Å². The monoisotopic (exact) mass is 265 g/mol. The molecule has 0 unspecified atom stereocenters. The second-order valence-corrected chi connectivity index (χ2v) is 6.42. The minimum atomic E-state index is 0.948. The van der Waals surface area contributed by atoms with Crippen LogP contribution in [0.2, 0.25) is 0 Å². The average molecular weight is 265 g/mol. The average Bonchev–Trinajstić information content (AvgIpc) is 2.43. The van der Waals surface area contributed by atoms with E-state index in [0.29, 0.717) is 0 Å². The predicted octanol–water partition coefficient (Wildman–Crippen LogP) is 5.42. The van der Waals surface area contributed by atoms with Crippen LogP contribution in [0.25, 0.3) is 0 Å². The van der Waals surface area contributed by atoms with Crippen molar-refractivity contribution < 1.29 is 0 Å². The minimum absolute atomic E-state index is 0.948. The molecule has 112 valence electrons. The van der Waals surface area contributed by atoms with Crippen LogP contribution in [0.3, 0.4) is 0 Å². The summed E-state index contributed by atoms with van der Waals surface area (Å²) < 4.78 is 0. The van der Waals surface area contributed by atoms with Gasteiger partial charge < -0.3 is 0 Å². The zero-order chi connectivity index (χ0) is 13.9. The molecular weight excluding hydrogens is 230 g/mol. The molecule has 1 rings (SSSR count). The Morgan fingerprint density at radius 3 is 2.37 bits per heavy atom. The molecule has 0 saturated carbocycles. The van der Waals surface area contributed by atoms with Gasteiger partial charge in [-0.05, 0) is 57.5 Å². The summed E-state index contributed by atoms with van der Waals surface area (Å²) in [5.74, 6) is 0.948. The number of likely N-dealkylation sites (tertiary alicyclic amines) is 1. The summed E-state index contributed by atoms with van der Waals surface area (Å²) in [5, 5.41) is 0. The lowest BCUT2D eigenvalue weighted by molar-refractivity contribution is 0.204. The summed E-state index contributed by atoms with van der Waals surface area (Å²) in [6, 6.07) is 0. The molecule has 0 bridgehead atoms. The van der Waals surface area contributed by atoms with Crippen molar-refractivity contribution in [3.05, 3.63) is 11.6 Å². The summed E-state index contributed by atoms with van der Waals surface area (Å²) in [6.07, 6.45) is 14.8. The molecule has 0 aromatic carbocycles. The Morgan fingerprint density at radius 1 is 1.05 bits per heavy atom. The van der Waals surface area contributed by atoms with Gasteiger partial charge in [0.15, 0.2) is 0 Å².